The van der Waals surface area contributed by atoms with E-state index in [2.05, 4.69) is 4.74 Å². The molecular weight excluding hydrogens is 200 g/mol. The Morgan fingerprint density at radius 3 is 2.42 bits per heavy atom. The van der Waals surface area contributed by atoms with Gasteiger partial charge in [-0.3, -0.25) is 4.79 Å². The van der Waals surface area contributed by atoms with Crippen molar-refractivity contribution < 1.29 is 27.8 Å². The molecule has 0 aliphatic heterocycles. The van der Waals surface area contributed by atoms with Gasteiger partial charge in [-0.2, -0.15) is 13.2 Å². The molecule has 0 radical (unpaired) electrons. The minimum atomic E-state index is -4.63. The first kappa shape index (κ1) is 11.5. The second-order valence-corrected chi connectivity index (χ2v) is 2.39. The summed E-state index contributed by atoms with van der Waals surface area (Å²) < 4.78 is 38.8. The minimum absolute atomic E-state index is 0.944. The molecule has 0 heterocycles. The van der Waals surface area contributed by atoms with Crippen LogP contribution in [0.25, 0.3) is 0 Å². The first-order valence-electron chi connectivity index (χ1n) is 2.85. The second kappa shape index (κ2) is 4.51. The second-order valence-electron chi connectivity index (χ2n) is 1.86. The fourth-order valence-corrected chi connectivity index (χ4v) is 0.519. The highest BCUT2D eigenvalue weighted by atomic mass is 35.5. The maximum atomic E-state index is 11.6. The first-order valence-corrected chi connectivity index (χ1v) is 3.29. The van der Waals surface area contributed by atoms with Crippen LogP contribution >= 0.6 is 11.6 Å². The molecule has 0 aromatic carbocycles. The number of ether oxygens (including phenoxy) is 1. The van der Waals surface area contributed by atoms with Crippen molar-refractivity contribution in [3.05, 3.63) is 0 Å². The molecule has 7 heteroatoms. The molecule has 0 aliphatic rings. The molecule has 0 amide bonds. The number of aliphatic hydroxyl groups excluding tert-OH is 1. The molecule has 1 atom stereocenters. The molecular formula is C5H6ClF3O3. The Labute approximate surface area is 71.1 Å². The third-order valence-corrected chi connectivity index (χ3v) is 1.33. The zero-order valence-corrected chi connectivity index (χ0v) is 6.52. The van der Waals surface area contributed by atoms with E-state index >= 15 is 0 Å². The van der Waals surface area contributed by atoms with Gasteiger partial charge in [0.25, 0.3) is 0 Å². The third kappa shape index (κ3) is 4.40. The van der Waals surface area contributed by atoms with Crippen molar-refractivity contribution in [2.24, 2.45) is 0 Å². The summed E-state index contributed by atoms with van der Waals surface area (Å²) in [7, 11) is 0. The van der Waals surface area contributed by atoms with E-state index in [-0.39, 0.29) is 0 Å². The van der Waals surface area contributed by atoms with Gasteiger partial charge in [-0.25, -0.2) is 0 Å². The summed E-state index contributed by atoms with van der Waals surface area (Å²) in [6.45, 7) is -0.944. The number of hydrogen-bond donors (Lipinski definition) is 1. The smallest absolute Gasteiger partial charge is 0.405 e. The molecule has 0 aromatic rings. The summed E-state index contributed by atoms with van der Waals surface area (Å²) in [6, 6.07) is 0. The standard InChI is InChI=1S/C5H6ClF3O3/c6-3(5(7,8)9)1-4(11)12-2-10/h3,10H,1-2H2. The summed E-state index contributed by atoms with van der Waals surface area (Å²) in [6.07, 6.45) is -5.62. The molecule has 1 N–H and O–H groups in total. The van der Waals surface area contributed by atoms with Crippen LogP contribution in [-0.4, -0.2) is 29.4 Å². The van der Waals surface area contributed by atoms with Gasteiger partial charge < -0.3 is 9.84 Å². The van der Waals surface area contributed by atoms with Gasteiger partial charge >= 0.3 is 12.1 Å². The average molecular weight is 207 g/mol. The van der Waals surface area contributed by atoms with E-state index in [9.17, 15) is 18.0 Å². The number of aliphatic hydroxyl groups is 1. The van der Waals surface area contributed by atoms with Crippen LogP contribution in [0.5, 0.6) is 0 Å². The van der Waals surface area contributed by atoms with E-state index in [1.807, 2.05) is 0 Å². The van der Waals surface area contributed by atoms with Crippen molar-refractivity contribution in [2.45, 2.75) is 18.0 Å². The van der Waals surface area contributed by atoms with Crippen LogP contribution in [0.4, 0.5) is 13.2 Å². The zero-order valence-electron chi connectivity index (χ0n) is 5.77. The number of alkyl halides is 4. The van der Waals surface area contributed by atoms with Crippen LogP contribution in [0.15, 0.2) is 0 Å². The Morgan fingerprint density at radius 2 is 2.08 bits per heavy atom. The van der Waals surface area contributed by atoms with E-state index in [1.54, 1.807) is 0 Å². The highest BCUT2D eigenvalue weighted by molar-refractivity contribution is 6.22. The topological polar surface area (TPSA) is 46.5 Å². The fraction of sp³-hybridized carbons (Fsp3) is 0.800. The van der Waals surface area contributed by atoms with Crippen molar-refractivity contribution in [3.8, 4) is 0 Å². The Bertz CT molecular complexity index is 159. The lowest BCUT2D eigenvalue weighted by atomic mass is 10.3. The van der Waals surface area contributed by atoms with Crippen LogP contribution in [0.1, 0.15) is 6.42 Å². The highest BCUT2D eigenvalue weighted by Gasteiger charge is 2.39. The van der Waals surface area contributed by atoms with E-state index < -0.39 is 30.7 Å². The summed E-state index contributed by atoms with van der Waals surface area (Å²) in [5.74, 6) is -1.19. The molecule has 0 spiro atoms. The number of hydrogen-bond acceptors (Lipinski definition) is 3. The molecule has 1 unspecified atom stereocenters. The van der Waals surface area contributed by atoms with Crippen LogP contribution in [0, 0.1) is 0 Å². The fourth-order valence-electron chi connectivity index (χ4n) is 0.393. The lowest BCUT2D eigenvalue weighted by Crippen LogP contribution is -2.26. The van der Waals surface area contributed by atoms with Gasteiger partial charge in [0.05, 0.1) is 6.42 Å². The minimum Gasteiger partial charge on any atom is -0.439 e. The Balaban J connectivity index is 3.84. The van der Waals surface area contributed by atoms with E-state index in [4.69, 9.17) is 16.7 Å². The van der Waals surface area contributed by atoms with Crippen LogP contribution in [0.2, 0.25) is 0 Å². The lowest BCUT2D eigenvalue weighted by molar-refractivity contribution is -0.161. The largest absolute Gasteiger partial charge is 0.439 e. The quantitative estimate of drug-likeness (QED) is 0.426. The van der Waals surface area contributed by atoms with Gasteiger partial charge in [0.15, 0.2) is 6.79 Å². The first-order chi connectivity index (χ1) is 5.38. The predicted molar refractivity (Wildman–Crippen MR) is 33.5 cm³/mol. The summed E-state index contributed by atoms with van der Waals surface area (Å²) in [5, 5.41) is 5.72. The predicted octanol–water partition coefficient (Wildman–Crippen LogP) is 1.04. The maximum absolute atomic E-state index is 11.6. The lowest BCUT2D eigenvalue weighted by Gasteiger charge is -2.11. The number of esters is 1. The van der Waals surface area contributed by atoms with Crippen LogP contribution in [-0.2, 0) is 9.53 Å². The van der Waals surface area contributed by atoms with Gasteiger partial charge in [-0.05, 0) is 0 Å². The van der Waals surface area contributed by atoms with Gasteiger partial charge in [-0.15, -0.1) is 11.6 Å². The third-order valence-electron chi connectivity index (χ3n) is 0.927. The normalized spacial score (nSPS) is 14.1. The molecule has 0 saturated heterocycles. The SMILES string of the molecule is O=C(CC(Cl)C(F)(F)F)OCO. The molecule has 0 fully saturated rings. The summed E-state index contributed by atoms with van der Waals surface area (Å²) in [5.41, 5.74) is 0. The number of carbonyl (C=O) groups is 1. The van der Waals surface area contributed by atoms with Gasteiger partial charge in [0.1, 0.15) is 5.38 Å². The van der Waals surface area contributed by atoms with Crippen molar-refractivity contribution in [2.75, 3.05) is 6.79 Å². The number of carbonyl (C=O) groups excluding carboxylic acids is 1. The average Bonchev–Trinajstić information content (AvgIpc) is 1.85. The summed E-state index contributed by atoms with van der Waals surface area (Å²) >= 11 is 4.78. The van der Waals surface area contributed by atoms with Crippen LogP contribution < -0.4 is 0 Å². The molecule has 3 nitrogen and oxygen atoms in total. The van der Waals surface area contributed by atoms with Crippen molar-refractivity contribution in [1.82, 2.24) is 0 Å². The van der Waals surface area contributed by atoms with Gasteiger partial charge in [-0.1, -0.05) is 0 Å². The molecule has 12 heavy (non-hydrogen) atoms. The van der Waals surface area contributed by atoms with Crippen molar-refractivity contribution in [1.29, 1.82) is 0 Å². The van der Waals surface area contributed by atoms with Crippen LogP contribution in [0.3, 0.4) is 0 Å². The Kier molecular flexibility index (Phi) is 4.33. The Morgan fingerprint density at radius 1 is 1.58 bits per heavy atom. The zero-order chi connectivity index (χ0) is 9.78. The monoisotopic (exact) mass is 206 g/mol. The molecule has 0 rings (SSSR count). The van der Waals surface area contributed by atoms with Gasteiger partial charge in [0.2, 0.25) is 0 Å². The van der Waals surface area contributed by atoms with E-state index in [1.165, 1.54) is 0 Å². The number of halogens is 4. The molecule has 72 valence electrons. The van der Waals surface area contributed by atoms with Gasteiger partial charge in [0, 0.05) is 0 Å². The Hall–Kier alpha value is -0.490. The maximum Gasteiger partial charge on any atom is 0.405 e. The molecule has 0 aliphatic carbocycles. The highest BCUT2D eigenvalue weighted by Crippen LogP contribution is 2.27. The molecule has 0 saturated carbocycles. The molecule has 0 aromatic heterocycles. The number of rotatable bonds is 3. The van der Waals surface area contributed by atoms with Crippen molar-refractivity contribution >= 4 is 17.6 Å². The van der Waals surface area contributed by atoms with E-state index in [0.29, 0.717) is 0 Å². The van der Waals surface area contributed by atoms with Crippen molar-refractivity contribution in [3.63, 3.8) is 0 Å². The molecule has 0 bridgehead atoms. The van der Waals surface area contributed by atoms with E-state index in [0.717, 1.165) is 0 Å². The summed E-state index contributed by atoms with van der Waals surface area (Å²) in [4.78, 5) is 10.3.